The molecule has 0 aromatic carbocycles. The molecular formula is C42H62O9. The number of hydrogen-bond donors (Lipinski definition) is 3. The van der Waals surface area contributed by atoms with Crippen molar-refractivity contribution in [1.29, 1.82) is 0 Å². The summed E-state index contributed by atoms with van der Waals surface area (Å²) >= 11 is 0. The van der Waals surface area contributed by atoms with Gasteiger partial charge in [0.05, 0.1) is 42.5 Å². The average molecular weight is 711 g/mol. The number of ether oxygens (including phenoxy) is 4. The third kappa shape index (κ3) is 13.4. The lowest BCUT2D eigenvalue weighted by Crippen LogP contribution is -2.55. The first kappa shape index (κ1) is 42.3. The van der Waals surface area contributed by atoms with Crippen molar-refractivity contribution in [3.05, 3.63) is 84.6 Å². The van der Waals surface area contributed by atoms with E-state index in [2.05, 4.69) is 45.6 Å². The maximum Gasteiger partial charge on any atom is 0.335 e. The van der Waals surface area contributed by atoms with Gasteiger partial charge in [-0.1, -0.05) is 108 Å². The molecule has 3 heterocycles. The molecule has 0 aromatic rings. The lowest BCUT2D eigenvalue weighted by atomic mass is 9.73. The zero-order chi connectivity index (χ0) is 37.6. The lowest BCUT2D eigenvalue weighted by Gasteiger charge is -2.47. The Balaban J connectivity index is 1.71. The fraction of sp³-hybridized carbons (Fsp3) is 0.619. The van der Waals surface area contributed by atoms with E-state index in [4.69, 9.17) is 18.9 Å². The number of carbonyl (C=O) groups excluding carboxylic acids is 2. The predicted molar refractivity (Wildman–Crippen MR) is 199 cm³/mol. The van der Waals surface area contributed by atoms with Gasteiger partial charge in [-0.2, -0.15) is 0 Å². The number of aliphatic hydroxyl groups is 3. The minimum atomic E-state index is -1.39. The maximum absolute atomic E-state index is 13.0. The van der Waals surface area contributed by atoms with E-state index < -0.39 is 41.8 Å². The predicted octanol–water partition coefficient (Wildman–Crippen LogP) is 6.65. The van der Waals surface area contributed by atoms with E-state index in [9.17, 15) is 24.9 Å². The highest BCUT2D eigenvalue weighted by molar-refractivity contribution is 5.82. The normalized spacial score (nSPS) is 34.8. The molecule has 3 N–H and O–H groups in total. The molecule has 3 aliphatic heterocycles. The fourth-order valence-electron chi connectivity index (χ4n) is 6.65. The SMILES string of the molecule is C=C(COC(=O)C(O)C/C=C\C[C@@H]1O[C@@H]2C=CC/C=C/C(C)=C\[C@H]3O[C@@H](C/C=C/C=C/C(=O)O[C@H](C2)[C@@]1(C)CO)C[C@H](C)[C@H]3C)C(O)CC(C)C. The van der Waals surface area contributed by atoms with Crippen molar-refractivity contribution < 1.29 is 43.9 Å². The molecule has 284 valence electrons. The summed E-state index contributed by atoms with van der Waals surface area (Å²) in [5.74, 6) is -0.100. The zero-order valence-electron chi connectivity index (χ0n) is 31.5. The molecule has 51 heavy (non-hydrogen) atoms. The fourth-order valence-corrected chi connectivity index (χ4v) is 6.65. The van der Waals surface area contributed by atoms with Crippen molar-refractivity contribution in [3.63, 3.8) is 0 Å². The highest BCUT2D eigenvalue weighted by atomic mass is 16.6. The first-order valence-electron chi connectivity index (χ1n) is 18.6. The van der Waals surface area contributed by atoms with Crippen LogP contribution in [-0.2, 0) is 28.5 Å². The minimum Gasteiger partial charge on any atom is -0.459 e. The van der Waals surface area contributed by atoms with E-state index in [1.807, 2.05) is 45.1 Å². The molecule has 0 aromatic heterocycles. The highest BCUT2D eigenvalue weighted by Gasteiger charge is 2.49. The summed E-state index contributed by atoms with van der Waals surface area (Å²) in [4.78, 5) is 25.4. The van der Waals surface area contributed by atoms with Crippen molar-refractivity contribution >= 4 is 11.9 Å². The molecule has 9 nitrogen and oxygen atoms in total. The standard InChI is InChI=1S/C42H62O9/c1-28(2)22-36(45)31(5)26-48-41(47)35(44)19-14-15-20-38-42(7,27-43)39-25-34(50-38)18-11-8-10-16-29(3)23-37-32(6)30(4)24-33(49-37)17-12-9-13-21-40(46)51-39/h9-16,18,21,23,28,30,32-39,43-45H,5,8,17,19-20,22,24-27H2,1-4,6-7H3/b12-9+,15-14-,16-10+,18-11?,21-13+,29-23-/t30-,32+,33-,34+,35?,36?,37+,38-,39+,42-/m0/s1. The van der Waals surface area contributed by atoms with Gasteiger partial charge in [0.1, 0.15) is 12.7 Å². The van der Waals surface area contributed by atoms with Crippen LogP contribution in [0, 0.1) is 23.2 Å². The van der Waals surface area contributed by atoms with Gasteiger partial charge in [0.2, 0.25) is 0 Å². The molecule has 0 spiro atoms. The van der Waals surface area contributed by atoms with E-state index in [1.165, 1.54) is 6.08 Å². The second kappa shape index (κ2) is 20.8. The Morgan fingerprint density at radius 3 is 2.57 bits per heavy atom. The van der Waals surface area contributed by atoms with Crippen LogP contribution in [0.1, 0.15) is 86.5 Å². The second-order valence-electron chi connectivity index (χ2n) is 15.2. The van der Waals surface area contributed by atoms with Crippen LogP contribution in [0.4, 0.5) is 0 Å². The maximum atomic E-state index is 13.0. The lowest BCUT2D eigenvalue weighted by molar-refractivity contribution is -0.198. The molecule has 2 saturated heterocycles. The Labute approximate surface area is 305 Å². The summed E-state index contributed by atoms with van der Waals surface area (Å²) in [6, 6.07) is 0. The van der Waals surface area contributed by atoms with Crippen molar-refractivity contribution in [3.8, 4) is 0 Å². The van der Waals surface area contributed by atoms with Crippen molar-refractivity contribution in [2.75, 3.05) is 13.2 Å². The van der Waals surface area contributed by atoms with Crippen molar-refractivity contribution in [2.24, 2.45) is 23.2 Å². The van der Waals surface area contributed by atoms with Crippen LogP contribution >= 0.6 is 0 Å². The number of fused-ring (bicyclic) bond motifs is 4. The third-order valence-electron chi connectivity index (χ3n) is 10.3. The Morgan fingerprint density at radius 2 is 1.84 bits per heavy atom. The Kier molecular flexibility index (Phi) is 17.3. The first-order valence-corrected chi connectivity index (χ1v) is 18.6. The molecule has 2 unspecified atom stereocenters. The Bertz CT molecular complexity index is 1320. The number of rotatable bonds is 11. The average Bonchev–Trinajstić information content (AvgIpc) is 3.07. The third-order valence-corrected chi connectivity index (χ3v) is 10.3. The molecule has 2 fully saturated rings. The minimum absolute atomic E-state index is 0.00816. The van der Waals surface area contributed by atoms with Crippen LogP contribution in [0.2, 0.25) is 0 Å². The van der Waals surface area contributed by atoms with Crippen LogP contribution in [0.3, 0.4) is 0 Å². The molecule has 10 atom stereocenters. The second-order valence-corrected chi connectivity index (χ2v) is 15.2. The van der Waals surface area contributed by atoms with E-state index in [-0.39, 0.29) is 43.9 Å². The van der Waals surface area contributed by atoms with Gasteiger partial charge in [0, 0.05) is 18.9 Å². The van der Waals surface area contributed by atoms with E-state index >= 15 is 0 Å². The molecule has 9 heteroatoms. The van der Waals surface area contributed by atoms with Gasteiger partial charge >= 0.3 is 11.9 Å². The number of allylic oxidation sites excluding steroid dienone is 6. The quantitative estimate of drug-likeness (QED) is 0.159. The monoisotopic (exact) mass is 710 g/mol. The van der Waals surface area contributed by atoms with E-state index in [0.29, 0.717) is 43.1 Å². The van der Waals surface area contributed by atoms with Gasteiger partial charge in [-0.3, -0.25) is 0 Å². The van der Waals surface area contributed by atoms with Crippen LogP contribution in [0.25, 0.3) is 0 Å². The molecule has 0 radical (unpaired) electrons. The zero-order valence-corrected chi connectivity index (χ0v) is 31.5. The molecular weight excluding hydrogens is 648 g/mol. The molecule has 0 amide bonds. The number of hydrogen-bond acceptors (Lipinski definition) is 9. The topological polar surface area (TPSA) is 132 Å². The first-order chi connectivity index (χ1) is 24.2. The summed E-state index contributed by atoms with van der Waals surface area (Å²) < 4.78 is 24.1. The number of carbonyl (C=O) groups is 2. The van der Waals surface area contributed by atoms with Gasteiger partial charge in [-0.25, -0.2) is 9.59 Å². The summed E-state index contributed by atoms with van der Waals surface area (Å²) in [5.41, 5.74) is 0.620. The molecule has 0 saturated carbocycles. The molecule has 3 rings (SSSR count). The molecule has 0 aliphatic carbocycles. The van der Waals surface area contributed by atoms with Crippen LogP contribution < -0.4 is 0 Å². The Morgan fingerprint density at radius 1 is 1.08 bits per heavy atom. The van der Waals surface area contributed by atoms with Gasteiger partial charge in [0.25, 0.3) is 0 Å². The van der Waals surface area contributed by atoms with E-state index in [0.717, 1.165) is 18.4 Å². The molecule has 4 bridgehead atoms. The summed E-state index contributed by atoms with van der Waals surface area (Å²) in [7, 11) is 0. The van der Waals surface area contributed by atoms with Gasteiger partial charge < -0.3 is 34.3 Å². The largest absolute Gasteiger partial charge is 0.459 e. The number of esters is 2. The van der Waals surface area contributed by atoms with Crippen molar-refractivity contribution in [1.82, 2.24) is 0 Å². The smallest absolute Gasteiger partial charge is 0.335 e. The van der Waals surface area contributed by atoms with Gasteiger partial charge in [-0.05, 0) is 62.4 Å². The van der Waals surface area contributed by atoms with Crippen LogP contribution in [-0.4, -0.2) is 83.2 Å². The van der Waals surface area contributed by atoms with Crippen LogP contribution in [0.5, 0.6) is 0 Å². The van der Waals surface area contributed by atoms with Gasteiger partial charge in [-0.15, -0.1) is 0 Å². The van der Waals surface area contributed by atoms with Crippen LogP contribution in [0.15, 0.2) is 84.6 Å². The number of aliphatic hydroxyl groups excluding tert-OH is 3. The van der Waals surface area contributed by atoms with E-state index in [1.54, 1.807) is 18.2 Å². The summed E-state index contributed by atoms with van der Waals surface area (Å²) in [6.07, 6.45) is 20.9. The Hall–Kier alpha value is -3.08. The summed E-state index contributed by atoms with van der Waals surface area (Å²) in [6.45, 7) is 15.8. The highest BCUT2D eigenvalue weighted by Crippen LogP contribution is 2.41. The van der Waals surface area contributed by atoms with Crippen molar-refractivity contribution in [2.45, 2.75) is 129 Å². The summed E-state index contributed by atoms with van der Waals surface area (Å²) in [5, 5.41) is 31.1. The van der Waals surface area contributed by atoms with Gasteiger partial charge in [0.15, 0.2) is 6.10 Å². The molecule has 3 aliphatic rings.